The molecule has 0 saturated carbocycles. The largest absolute Gasteiger partial charge is 0.295 e. The number of aromatic amines is 1. The maximum Gasteiger partial charge on any atom is 0.280 e. The highest BCUT2D eigenvalue weighted by Gasteiger charge is 2.27. The number of benzene rings is 1. The van der Waals surface area contributed by atoms with Gasteiger partial charge in [0.25, 0.3) is 5.56 Å². The highest BCUT2D eigenvalue weighted by Crippen LogP contribution is 2.14. The Morgan fingerprint density at radius 2 is 2.05 bits per heavy atom. The Kier molecular flexibility index (Phi) is 3.74. The van der Waals surface area contributed by atoms with Crippen LogP contribution >= 0.6 is 0 Å². The quantitative estimate of drug-likeness (QED) is 0.859. The number of hydrogen-bond donors (Lipinski definition) is 1. The number of aryl methyl sites for hydroxylation is 1. The van der Waals surface area contributed by atoms with Gasteiger partial charge in [-0.3, -0.25) is 14.9 Å². The number of para-hydroxylation sites is 1. The molecule has 0 amide bonds. The van der Waals surface area contributed by atoms with Gasteiger partial charge in [0, 0.05) is 11.9 Å². The Balaban J connectivity index is 1.90. The normalized spacial score (nSPS) is 20.7. The van der Waals surface area contributed by atoms with E-state index in [1.807, 2.05) is 30.3 Å². The van der Waals surface area contributed by atoms with Crippen molar-refractivity contribution >= 4 is 16.1 Å². The Morgan fingerprint density at radius 1 is 1.32 bits per heavy atom. The van der Waals surface area contributed by atoms with Gasteiger partial charge in [0.1, 0.15) is 0 Å². The molecule has 1 atom stereocenters. The first-order valence-corrected chi connectivity index (χ1v) is 8.89. The number of sulfone groups is 1. The fourth-order valence-electron chi connectivity index (χ4n) is 2.54. The van der Waals surface area contributed by atoms with Crippen molar-refractivity contribution in [1.29, 1.82) is 0 Å². The fraction of sp³-hybridized carbons (Fsp3) is 0.333. The second-order valence-corrected chi connectivity index (χ2v) is 7.69. The van der Waals surface area contributed by atoms with Gasteiger partial charge in [0.15, 0.2) is 9.84 Å². The first-order valence-electron chi connectivity index (χ1n) is 7.07. The van der Waals surface area contributed by atoms with Gasteiger partial charge in [0.2, 0.25) is 0 Å². The monoisotopic (exact) mass is 319 g/mol. The van der Waals surface area contributed by atoms with E-state index in [9.17, 15) is 13.2 Å². The van der Waals surface area contributed by atoms with Crippen molar-refractivity contribution in [3.05, 3.63) is 51.9 Å². The lowest BCUT2D eigenvalue weighted by Crippen LogP contribution is -2.17. The molecule has 2 heterocycles. The summed E-state index contributed by atoms with van der Waals surface area (Å²) < 4.78 is 24.3. The maximum absolute atomic E-state index is 12.4. The van der Waals surface area contributed by atoms with E-state index < -0.39 is 9.84 Å². The van der Waals surface area contributed by atoms with E-state index >= 15 is 0 Å². The van der Waals surface area contributed by atoms with Crippen molar-refractivity contribution in [3.63, 3.8) is 0 Å². The fourth-order valence-corrected chi connectivity index (χ4v) is 4.18. The van der Waals surface area contributed by atoms with Crippen LogP contribution in [0.3, 0.4) is 0 Å². The molecule has 1 saturated heterocycles. The highest BCUT2D eigenvalue weighted by molar-refractivity contribution is 7.91. The molecule has 22 heavy (non-hydrogen) atoms. The Bertz CT molecular complexity index is 863. The predicted molar refractivity (Wildman–Crippen MR) is 85.8 cm³/mol. The number of hydrogen-bond acceptors (Lipinski definition) is 4. The van der Waals surface area contributed by atoms with Crippen LogP contribution in [-0.2, 0) is 9.84 Å². The van der Waals surface area contributed by atoms with Crippen LogP contribution < -0.4 is 5.56 Å². The van der Waals surface area contributed by atoms with Crippen molar-refractivity contribution in [2.75, 3.05) is 11.5 Å². The third kappa shape index (κ3) is 2.89. The van der Waals surface area contributed by atoms with Gasteiger partial charge in [-0.2, -0.15) is 0 Å². The summed E-state index contributed by atoms with van der Waals surface area (Å²) in [5.74, 6) is 0.245. The molecule has 1 aromatic heterocycles. The Morgan fingerprint density at radius 3 is 2.68 bits per heavy atom. The van der Waals surface area contributed by atoms with E-state index in [0.717, 1.165) is 5.69 Å². The van der Waals surface area contributed by atoms with Crippen LogP contribution in [0.4, 0.5) is 0 Å². The minimum absolute atomic E-state index is 0.0693. The standard InChI is InChI=1S/C15H17N3O3S/c1-11-14(9-16-12-7-8-22(20,21)10-12)15(19)18(17-11)13-5-3-2-4-6-13/h2-6,9,12,17H,7-8,10H2,1H3/t12-/m0/s1. The first-order chi connectivity index (χ1) is 10.5. The van der Waals surface area contributed by atoms with Crippen LogP contribution in [0, 0.1) is 6.92 Å². The molecule has 1 aliphatic rings. The summed E-state index contributed by atoms with van der Waals surface area (Å²) >= 11 is 0. The summed E-state index contributed by atoms with van der Waals surface area (Å²) in [5, 5.41) is 3.02. The summed E-state index contributed by atoms with van der Waals surface area (Å²) in [5.41, 5.74) is 1.73. The van der Waals surface area contributed by atoms with Crippen LogP contribution in [-0.4, -0.2) is 42.0 Å². The lowest BCUT2D eigenvalue weighted by Gasteiger charge is -1.99. The van der Waals surface area contributed by atoms with Gasteiger partial charge in [0.05, 0.1) is 28.8 Å². The van der Waals surface area contributed by atoms with E-state index in [1.165, 1.54) is 10.9 Å². The van der Waals surface area contributed by atoms with E-state index in [2.05, 4.69) is 10.1 Å². The average Bonchev–Trinajstić information content (AvgIpc) is 2.98. The zero-order valence-electron chi connectivity index (χ0n) is 12.2. The first kappa shape index (κ1) is 14.8. The van der Waals surface area contributed by atoms with Crippen molar-refractivity contribution in [3.8, 4) is 5.69 Å². The lowest BCUT2D eigenvalue weighted by atomic mass is 10.2. The second-order valence-electron chi connectivity index (χ2n) is 5.46. The van der Waals surface area contributed by atoms with Crippen LogP contribution in [0.15, 0.2) is 40.1 Å². The van der Waals surface area contributed by atoms with E-state index in [4.69, 9.17) is 0 Å². The number of nitrogens with zero attached hydrogens (tertiary/aromatic N) is 2. The molecule has 0 unspecified atom stereocenters. The third-order valence-electron chi connectivity index (χ3n) is 3.75. The summed E-state index contributed by atoms with van der Waals surface area (Å²) in [6, 6.07) is 9.02. The van der Waals surface area contributed by atoms with E-state index in [0.29, 0.717) is 17.7 Å². The summed E-state index contributed by atoms with van der Waals surface area (Å²) in [7, 11) is -2.96. The summed E-state index contributed by atoms with van der Waals surface area (Å²) in [6.45, 7) is 1.80. The smallest absolute Gasteiger partial charge is 0.280 e. The number of nitrogens with one attached hydrogen (secondary N) is 1. The zero-order chi connectivity index (χ0) is 15.7. The van der Waals surface area contributed by atoms with Gasteiger partial charge >= 0.3 is 0 Å². The predicted octanol–water partition coefficient (Wildman–Crippen LogP) is 1.08. The van der Waals surface area contributed by atoms with Gasteiger partial charge in [-0.25, -0.2) is 13.1 Å². The summed E-state index contributed by atoms with van der Waals surface area (Å²) in [4.78, 5) is 16.7. The van der Waals surface area contributed by atoms with E-state index in [-0.39, 0.29) is 23.1 Å². The second kappa shape index (κ2) is 5.57. The van der Waals surface area contributed by atoms with Crippen molar-refractivity contribution in [2.24, 2.45) is 4.99 Å². The molecular weight excluding hydrogens is 302 g/mol. The molecule has 1 aromatic carbocycles. The molecule has 1 aliphatic heterocycles. The molecule has 0 spiro atoms. The molecule has 1 fully saturated rings. The van der Waals surface area contributed by atoms with Crippen LogP contribution in [0.5, 0.6) is 0 Å². The Hall–Kier alpha value is -2.15. The minimum Gasteiger partial charge on any atom is -0.295 e. The number of aliphatic imine (C=N–C) groups is 1. The number of aromatic nitrogens is 2. The van der Waals surface area contributed by atoms with E-state index in [1.54, 1.807) is 6.92 Å². The van der Waals surface area contributed by atoms with Crippen molar-refractivity contribution in [1.82, 2.24) is 9.78 Å². The molecule has 1 N–H and O–H groups in total. The van der Waals surface area contributed by atoms with Gasteiger partial charge in [-0.05, 0) is 25.5 Å². The zero-order valence-corrected chi connectivity index (χ0v) is 13.0. The molecular formula is C15H17N3O3S. The SMILES string of the molecule is Cc1[nH]n(-c2ccccc2)c(=O)c1C=N[C@H]1CCS(=O)(=O)C1. The average molecular weight is 319 g/mol. The molecule has 0 aliphatic carbocycles. The molecule has 0 bridgehead atoms. The van der Waals surface area contributed by atoms with Crippen LogP contribution in [0.1, 0.15) is 17.7 Å². The van der Waals surface area contributed by atoms with Gasteiger partial charge < -0.3 is 0 Å². The molecule has 3 rings (SSSR count). The molecule has 116 valence electrons. The van der Waals surface area contributed by atoms with Crippen molar-refractivity contribution < 1.29 is 8.42 Å². The molecule has 2 aromatic rings. The highest BCUT2D eigenvalue weighted by atomic mass is 32.2. The van der Waals surface area contributed by atoms with Gasteiger partial charge in [-0.15, -0.1) is 0 Å². The topological polar surface area (TPSA) is 84.3 Å². The molecule has 7 heteroatoms. The maximum atomic E-state index is 12.4. The summed E-state index contributed by atoms with van der Waals surface area (Å²) in [6.07, 6.45) is 2.02. The molecule has 6 nitrogen and oxygen atoms in total. The van der Waals surface area contributed by atoms with Gasteiger partial charge in [-0.1, -0.05) is 18.2 Å². The molecule has 0 radical (unpaired) electrons. The number of H-pyrrole nitrogens is 1. The number of rotatable bonds is 3. The minimum atomic E-state index is -2.96. The van der Waals surface area contributed by atoms with Crippen LogP contribution in [0.2, 0.25) is 0 Å². The van der Waals surface area contributed by atoms with Crippen LogP contribution in [0.25, 0.3) is 5.69 Å². The lowest BCUT2D eigenvalue weighted by molar-refractivity contribution is 0.601. The van der Waals surface area contributed by atoms with Crippen molar-refractivity contribution in [2.45, 2.75) is 19.4 Å². The Labute approximate surface area is 128 Å². The third-order valence-corrected chi connectivity index (χ3v) is 5.50.